The second-order valence-electron chi connectivity index (χ2n) is 6.63. The lowest BCUT2D eigenvalue weighted by Gasteiger charge is -2.24. The number of nitrogens with zero attached hydrogens (tertiary/aromatic N) is 1. The Balaban J connectivity index is 1.87. The summed E-state index contributed by atoms with van der Waals surface area (Å²) in [6.07, 6.45) is 0.604. The quantitative estimate of drug-likeness (QED) is 0.771. The highest BCUT2D eigenvalue weighted by Crippen LogP contribution is 2.32. The number of amides is 1. The third kappa shape index (κ3) is 5.15. The highest BCUT2D eigenvalue weighted by Gasteiger charge is 2.29. The van der Waals surface area contributed by atoms with E-state index in [2.05, 4.69) is 5.32 Å². The fourth-order valence-corrected chi connectivity index (χ4v) is 3.00. The fraction of sp³-hybridized carbons (Fsp3) is 0.562. The summed E-state index contributed by atoms with van der Waals surface area (Å²) in [7, 11) is 0. The summed E-state index contributed by atoms with van der Waals surface area (Å²) < 4.78 is 5.39. The first-order valence-corrected chi connectivity index (χ1v) is 8.64. The summed E-state index contributed by atoms with van der Waals surface area (Å²) >= 11 is 18.2. The molecule has 1 aliphatic heterocycles. The lowest BCUT2D eigenvalue weighted by molar-refractivity contribution is 0.0291. The van der Waals surface area contributed by atoms with E-state index in [1.54, 1.807) is 11.0 Å². The minimum Gasteiger partial charge on any atom is -0.444 e. The summed E-state index contributed by atoms with van der Waals surface area (Å²) in [4.78, 5) is 13.8. The number of hydrogen-bond acceptors (Lipinski definition) is 3. The van der Waals surface area contributed by atoms with Crippen molar-refractivity contribution in [2.45, 2.75) is 45.4 Å². The molecule has 4 nitrogen and oxygen atoms in total. The van der Waals surface area contributed by atoms with Crippen LogP contribution in [-0.2, 0) is 11.3 Å². The molecule has 1 amide bonds. The Bertz CT molecular complexity index is 587. The van der Waals surface area contributed by atoms with Crippen molar-refractivity contribution in [1.29, 1.82) is 0 Å². The first-order chi connectivity index (χ1) is 10.7. The SMILES string of the molecule is CC(C)(C)OC(=O)N1CC[C@H](NCc2ccc(Cl)c(Cl)c2Cl)C1. The molecular weight excluding hydrogens is 359 g/mol. The summed E-state index contributed by atoms with van der Waals surface area (Å²) in [5.74, 6) is 0. The number of ether oxygens (including phenoxy) is 1. The van der Waals surface area contributed by atoms with Crippen LogP contribution >= 0.6 is 34.8 Å². The average Bonchev–Trinajstić information content (AvgIpc) is 2.91. The van der Waals surface area contributed by atoms with Crippen LogP contribution in [0.1, 0.15) is 32.8 Å². The van der Waals surface area contributed by atoms with Gasteiger partial charge < -0.3 is 15.0 Å². The molecule has 1 saturated heterocycles. The van der Waals surface area contributed by atoms with Gasteiger partial charge in [-0.05, 0) is 38.8 Å². The van der Waals surface area contributed by atoms with Crippen LogP contribution in [0.5, 0.6) is 0 Å². The standard InChI is InChI=1S/C16H21Cl3N2O2/c1-16(2,3)23-15(22)21-7-6-11(9-21)20-8-10-4-5-12(17)14(19)13(10)18/h4-5,11,20H,6-9H2,1-3H3/t11-/m0/s1. The normalized spacial score (nSPS) is 18.3. The zero-order chi connectivity index (χ0) is 17.2. The molecular formula is C16H21Cl3N2O2. The zero-order valence-electron chi connectivity index (χ0n) is 13.5. The van der Waals surface area contributed by atoms with Gasteiger partial charge in [-0.2, -0.15) is 0 Å². The molecule has 2 rings (SSSR count). The molecule has 23 heavy (non-hydrogen) atoms. The predicted molar refractivity (Wildman–Crippen MR) is 94.5 cm³/mol. The number of benzene rings is 1. The summed E-state index contributed by atoms with van der Waals surface area (Å²) in [5, 5.41) is 4.68. The van der Waals surface area contributed by atoms with Crippen LogP contribution < -0.4 is 5.32 Å². The second-order valence-corrected chi connectivity index (χ2v) is 7.79. The fourth-order valence-electron chi connectivity index (χ4n) is 2.38. The first-order valence-electron chi connectivity index (χ1n) is 7.51. The van der Waals surface area contributed by atoms with Gasteiger partial charge in [0.25, 0.3) is 0 Å². The average molecular weight is 380 g/mol. The molecule has 0 aromatic heterocycles. The van der Waals surface area contributed by atoms with Crippen molar-refractivity contribution in [1.82, 2.24) is 10.2 Å². The molecule has 1 atom stereocenters. The van der Waals surface area contributed by atoms with E-state index < -0.39 is 5.60 Å². The molecule has 0 aliphatic carbocycles. The number of nitrogens with one attached hydrogen (secondary N) is 1. The number of carbonyl (C=O) groups excluding carboxylic acids is 1. The van der Waals surface area contributed by atoms with E-state index in [0.29, 0.717) is 34.7 Å². The van der Waals surface area contributed by atoms with Crippen molar-refractivity contribution in [3.63, 3.8) is 0 Å². The number of likely N-dealkylation sites (tertiary alicyclic amines) is 1. The Hall–Kier alpha value is -0.680. The summed E-state index contributed by atoms with van der Waals surface area (Å²) in [6, 6.07) is 3.78. The van der Waals surface area contributed by atoms with E-state index in [0.717, 1.165) is 12.0 Å². The van der Waals surface area contributed by atoms with Crippen molar-refractivity contribution in [2.24, 2.45) is 0 Å². The van der Waals surface area contributed by atoms with E-state index in [1.807, 2.05) is 26.8 Å². The van der Waals surface area contributed by atoms with Gasteiger partial charge in [-0.3, -0.25) is 0 Å². The minimum absolute atomic E-state index is 0.202. The van der Waals surface area contributed by atoms with Crippen molar-refractivity contribution in [2.75, 3.05) is 13.1 Å². The number of halogens is 3. The predicted octanol–water partition coefficient (Wildman–Crippen LogP) is 4.75. The number of carbonyl (C=O) groups is 1. The Kier molecular flexibility index (Phi) is 6.06. The van der Waals surface area contributed by atoms with Crippen LogP contribution in [-0.4, -0.2) is 35.7 Å². The Labute approximate surface area is 152 Å². The molecule has 0 unspecified atom stereocenters. The van der Waals surface area contributed by atoms with Crippen molar-refractivity contribution in [3.8, 4) is 0 Å². The molecule has 1 aromatic rings. The second kappa shape index (κ2) is 7.47. The molecule has 0 radical (unpaired) electrons. The van der Waals surface area contributed by atoms with Crippen molar-refractivity contribution >= 4 is 40.9 Å². The van der Waals surface area contributed by atoms with Gasteiger partial charge in [0.1, 0.15) is 5.60 Å². The molecule has 1 heterocycles. The Morgan fingerprint density at radius 2 is 2.00 bits per heavy atom. The summed E-state index contributed by atoms with van der Waals surface area (Å²) in [5.41, 5.74) is 0.410. The van der Waals surface area contributed by atoms with Gasteiger partial charge in [0, 0.05) is 25.7 Å². The van der Waals surface area contributed by atoms with Gasteiger partial charge in [-0.15, -0.1) is 0 Å². The first kappa shape index (κ1) is 18.7. The van der Waals surface area contributed by atoms with Crippen molar-refractivity contribution in [3.05, 3.63) is 32.8 Å². The van der Waals surface area contributed by atoms with Crippen LogP contribution in [0.2, 0.25) is 15.1 Å². The van der Waals surface area contributed by atoms with Crippen LogP contribution in [0.3, 0.4) is 0 Å². The van der Waals surface area contributed by atoms with Crippen LogP contribution in [0.4, 0.5) is 4.79 Å². The van der Waals surface area contributed by atoms with E-state index in [-0.39, 0.29) is 12.1 Å². The smallest absolute Gasteiger partial charge is 0.410 e. The highest BCUT2D eigenvalue weighted by molar-refractivity contribution is 6.48. The maximum Gasteiger partial charge on any atom is 0.410 e. The molecule has 0 saturated carbocycles. The van der Waals surface area contributed by atoms with Gasteiger partial charge in [-0.1, -0.05) is 40.9 Å². The molecule has 1 aliphatic rings. The molecule has 1 N–H and O–H groups in total. The highest BCUT2D eigenvalue weighted by atomic mass is 35.5. The molecule has 1 aromatic carbocycles. The lowest BCUT2D eigenvalue weighted by atomic mass is 10.2. The minimum atomic E-state index is -0.476. The lowest BCUT2D eigenvalue weighted by Crippen LogP contribution is -2.38. The summed E-state index contributed by atoms with van der Waals surface area (Å²) in [6.45, 7) is 7.47. The van der Waals surface area contributed by atoms with Gasteiger partial charge in [0.05, 0.1) is 15.1 Å². The largest absolute Gasteiger partial charge is 0.444 e. The third-order valence-electron chi connectivity index (χ3n) is 3.54. The Morgan fingerprint density at radius 1 is 1.30 bits per heavy atom. The van der Waals surface area contributed by atoms with Crippen molar-refractivity contribution < 1.29 is 9.53 Å². The van der Waals surface area contributed by atoms with Crippen LogP contribution in [0.25, 0.3) is 0 Å². The van der Waals surface area contributed by atoms with Gasteiger partial charge in [0.15, 0.2) is 0 Å². The number of rotatable bonds is 3. The molecule has 128 valence electrons. The molecule has 0 spiro atoms. The Morgan fingerprint density at radius 3 is 2.65 bits per heavy atom. The zero-order valence-corrected chi connectivity index (χ0v) is 15.7. The van der Waals surface area contributed by atoms with E-state index in [4.69, 9.17) is 39.5 Å². The monoisotopic (exact) mass is 378 g/mol. The third-order valence-corrected chi connectivity index (χ3v) is 4.87. The maximum absolute atomic E-state index is 12.0. The molecule has 1 fully saturated rings. The van der Waals surface area contributed by atoms with Gasteiger partial charge in [0.2, 0.25) is 0 Å². The van der Waals surface area contributed by atoms with Crippen LogP contribution in [0.15, 0.2) is 12.1 Å². The van der Waals surface area contributed by atoms with Crippen LogP contribution in [0, 0.1) is 0 Å². The molecule has 7 heteroatoms. The number of hydrogen-bond donors (Lipinski definition) is 1. The van der Waals surface area contributed by atoms with Gasteiger partial charge >= 0.3 is 6.09 Å². The topological polar surface area (TPSA) is 41.6 Å². The maximum atomic E-state index is 12.0. The van der Waals surface area contributed by atoms with Gasteiger partial charge in [-0.25, -0.2) is 4.79 Å². The van der Waals surface area contributed by atoms with E-state index in [9.17, 15) is 4.79 Å². The molecule has 0 bridgehead atoms. The van der Waals surface area contributed by atoms with E-state index >= 15 is 0 Å². The van der Waals surface area contributed by atoms with E-state index in [1.165, 1.54) is 0 Å².